The molecule has 0 bridgehead atoms. The van der Waals surface area contributed by atoms with Crippen molar-refractivity contribution in [3.8, 4) is 0 Å². The van der Waals surface area contributed by atoms with Gasteiger partial charge in [-0.25, -0.2) is 0 Å². The zero-order chi connectivity index (χ0) is 26.5. The second-order valence-electron chi connectivity index (χ2n) is 11.8. The molecule has 2 atom stereocenters. The van der Waals surface area contributed by atoms with Gasteiger partial charge in [0.2, 0.25) is 0 Å². The topological polar surface area (TPSA) is 37.3 Å². The maximum atomic E-state index is 12.2. The van der Waals surface area contributed by atoms with E-state index in [1.54, 1.807) is 0 Å². The standard InChI is InChI=1S/C34H68O2/c1-4-7-10-13-15-17-18-19-20-22-25-28-31-33(34(35)36)32(29-26-23-12-9-6-3)30-27-24-21-16-14-11-8-5-2/h32-33H,4-31H2,1-3H3,(H,35,36). The largest absolute Gasteiger partial charge is 0.481 e. The van der Waals surface area contributed by atoms with Gasteiger partial charge in [-0.2, -0.15) is 0 Å². The number of hydrogen-bond donors (Lipinski definition) is 1. The van der Waals surface area contributed by atoms with Crippen LogP contribution in [-0.2, 0) is 4.79 Å². The van der Waals surface area contributed by atoms with E-state index < -0.39 is 5.97 Å². The predicted octanol–water partition coefficient (Wildman–Crippen LogP) is 12.3. The van der Waals surface area contributed by atoms with Crippen molar-refractivity contribution in [3.63, 3.8) is 0 Å². The lowest BCUT2D eigenvalue weighted by Gasteiger charge is -2.24. The van der Waals surface area contributed by atoms with E-state index in [2.05, 4.69) is 20.8 Å². The van der Waals surface area contributed by atoms with Crippen LogP contribution in [0.25, 0.3) is 0 Å². The third kappa shape index (κ3) is 23.8. The van der Waals surface area contributed by atoms with E-state index >= 15 is 0 Å². The van der Waals surface area contributed by atoms with Gasteiger partial charge in [0.1, 0.15) is 0 Å². The molecule has 0 saturated carbocycles. The highest BCUT2D eigenvalue weighted by atomic mass is 16.4. The SMILES string of the molecule is CCCCCCCCCCCCCCC(C(=O)O)C(CCCCCCC)CCCCCCCCCC. The molecule has 0 spiro atoms. The summed E-state index contributed by atoms with van der Waals surface area (Å²) < 4.78 is 0. The average molecular weight is 509 g/mol. The fourth-order valence-corrected chi connectivity index (χ4v) is 5.86. The summed E-state index contributed by atoms with van der Waals surface area (Å²) in [7, 11) is 0. The normalized spacial score (nSPS) is 13.2. The van der Waals surface area contributed by atoms with Crippen molar-refractivity contribution in [3.05, 3.63) is 0 Å². The average Bonchev–Trinajstić information content (AvgIpc) is 2.87. The molecule has 0 aliphatic rings. The molecule has 0 radical (unpaired) electrons. The van der Waals surface area contributed by atoms with E-state index in [1.165, 1.54) is 154 Å². The number of carboxylic acid groups (broad SMARTS) is 1. The lowest BCUT2D eigenvalue weighted by molar-refractivity contribution is -0.144. The van der Waals surface area contributed by atoms with Crippen LogP contribution in [0.5, 0.6) is 0 Å². The number of rotatable bonds is 30. The van der Waals surface area contributed by atoms with Crippen molar-refractivity contribution in [1.82, 2.24) is 0 Å². The quantitative estimate of drug-likeness (QED) is 0.0979. The first-order valence-electron chi connectivity index (χ1n) is 16.9. The highest BCUT2D eigenvalue weighted by molar-refractivity contribution is 5.70. The predicted molar refractivity (Wildman–Crippen MR) is 161 cm³/mol. The summed E-state index contributed by atoms with van der Waals surface area (Å²) in [6.07, 6.45) is 36.4. The summed E-state index contributed by atoms with van der Waals surface area (Å²) in [5.74, 6) is -0.225. The molecule has 2 heteroatoms. The molecule has 0 heterocycles. The number of aliphatic carboxylic acids is 1. The number of hydrogen-bond acceptors (Lipinski definition) is 1. The monoisotopic (exact) mass is 509 g/mol. The molecule has 0 aliphatic heterocycles. The van der Waals surface area contributed by atoms with Crippen molar-refractivity contribution < 1.29 is 9.90 Å². The van der Waals surface area contributed by atoms with Gasteiger partial charge < -0.3 is 5.11 Å². The van der Waals surface area contributed by atoms with Crippen LogP contribution in [0, 0.1) is 11.8 Å². The van der Waals surface area contributed by atoms with E-state index in [4.69, 9.17) is 0 Å². The Morgan fingerprint density at radius 1 is 0.417 bits per heavy atom. The van der Waals surface area contributed by atoms with Crippen LogP contribution < -0.4 is 0 Å². The summed E-state index contributed by atoms with van der Waals surface area (Å²) in [5.41, 5.74) is 0. The lowest BCUT2D eigenvalue weighted by atomic mass is 9.80. The molecular formula is C34H68O2. The molecule has 1 N–H and O–H groups in total. The summed E-state index contributed by atoms with van der Waals surface area (Å²) >= 11 is 0. The molecule has 2 unspecified atom stereocenters. The van der Waals surface area contributed by atoms with E-state index in [0.29, 0.717) is 5.92 Å². The van der Waals surface area contributed by atoms with Crippen molar-refractivity contribution >= 4 is 5.97 Å². The molecule has 216 valence electrons. The molecule has 0 rings (SSSR count). The Kier molecular flexibility index (Phi) is 28.6. The molecule has 2 nitrogen and oxygen atoms in total. The van der Waals surface area contributed by atoms with Gasteiger partial charge in [-0.1, -0.05) is 181 Å². The Morgan fingerprint density at radius 3 is 0.944 bits per heavy atom. The zero-order valence-electron chi connectivity index (χ0n) is 25.3. The van der Waals surface area contributed by atoms with Crippen LogP contribution in [0.2, 0.25) is 0 Å². The number of unbranched alkanes of at least 4 members (excludes halogenated alkanes) is 22. The van der Waals surface area contributed by atoms with Crippen LogP contribution in [0.4, 0.5) is 0 Å². The van der Waals surface area contributed by atoms with Gasteiger partial charge in [0.15, 0.2) is 0 Å². The van der Waals surface area contributed by atoms with Crippen LogP contribution >= 0.6 is 0 Å². The zero-order valence-corrected chi connectivity index (χ0v) is 25.3. The summed E-state index contributed by atoms with van der Waals surface area (Å²) in [6, 6.07) is 0. The maximum Gasteiger partial charge on any atom is 0.306 e. The third-order valence-corrected chi connectivity index (χ3v) is 8.36. The van der Waals surface area contributed by atoms with Crippen LogP contribution in [0.3, 0.4) is 0 Å². The first kappa shape index (κ1) is 35.5. The molecule has 0 aromatic rings. The number of carboxylic acids is 1. The molecular weight excluding hydrogens is 440 g/mol. The van der Waals surface area contributed by atoms with E-state index in [-0.39, 0.29) is 5.92 Å². The lowest BCUT2D eigenvalue weighted by Crippen LogP contribution is -2.24. The number of carbonyl (C=O) groups is 1. The van der Waals surface area contributed by atoms with Crippen molar-refractivity contribution in [2.45, 2.75) is 201 Å². The first-order valence-corrected chi connectivity index (χ1v) is 16.9. The molecule has 0 aromatic carbocycles. The van der Waals surface area contributed by atoms with Crippen molar-refractivity contribution in [2.75, 3.05) is 0 Å². The molecule has 0 aromatic heterocycles. The van der Waals surface area contributed by atoms with Crippen LogP contribution in [-0.4, -0.2) is 11.1 Å². The van der Waals surface area contributed by atoms with E-state index in [0.717, 1.165) is 25.7 Å². The minimum Gasteiger partial charge on any atom is -0.481 e. The smallest absolute Gasteiger partial charge is 0.306 e. The van der Waals surface area contributed by atoms with Crippen molar-refractivity contribution in [1.29, 1.82) is 0 Å². The van der Waals surface area contributed by atoms with E-state index in [9.17, 15) is 9.90 Å². The second-order valence-corrected chi connectivity index (χ2v) is 11.8. The van der Waals surface area contributed by atoms with Gasteiger partial charge >= 0.3 is 5.97 Å². The highest BCUT2D eigenvalue weighted by Crippen LogP contribution is 2.30. The minimum absolute atomic E-state index is 0.108. The maximum absolute atomic E-state index is 12.2. The van der Waals surface area contributed by atoms with Crippen LogP contribution in [0.1, 0.15) is 201 Å². The van der Waals surface area contributed by atoms with Gasteiger partial charge in [0.25, 0.3) is 0 Å². The fraction of sp³-hybridized carbons (Fsp3) is 0.971. The van der Waals surface area contributed by atoms with Gasteiger partial charge in [-0.3, -0.25) is 4.79 Å². The molecule has 36 heavy (non-hydrogen) atoms. The fourth-order valence-electron chi connectivity index (χ4n) is 5.86. The Hall–Kier alpha value is -0.530. The highest BCUT2D eigenvalue weighted by Gasteiger charge is 2.26. The van der Waals surface area contributed by atoms with Crippen LogP contribution in [0.15, 0.2) is 0 Å². The molecule has 0 saturated heterocycles. The Bertz CT molecular complexity index is 433. The Labute approximate surface area is 228 Å². The Balaban J connectivity index is 4.21. The summed E-state index contributed by atoms with van der Waals surface area (Å²) in [6.45, 7) is 6.82. The van der Waals surface area contributed by atoms with Gasteiger partial charge in [-0.15, -0.1) is 0 Å². The summed E-state index contributed by atoms with van der Waals surface area (Å²) in [4.78, 5) is 12.2. The van der Waals surface area contributed by atoms with Gasteiger partial charge in [-0.05, 0) is 25.2 Å². The molecule has 0 amide bonds. The minimum atomic E-state index is -0.517. The molecule has 0 aliphatic carbocycles. The summed E-state index contributed by atoms with van der Waals surface area (Å²) in [5, 5.41) is 10.1. The van der Waals surface area contributed by atoms with Crippen molar-refractivity contribution in [2.24, 2.45) is 11.8 Å². The Morgan fingerprint density at radius 2 is 0.667 bits per heavy atom. The van der Waals surface area contributed by atoms with Gasteiger partial charge in [0, 0.05) is 0 Å². The second kappa shape index (κ2) is 29.0. The third-order valence-electron chi connectivity index (χ3n) is 8.36. The first-order chi connectivity index (χ1) is 17.7. The van der Waals surface area contributed by atoms with Gasteiger partial charge in [0.05, 0.1) is 5.92 Å². The molecule has 0 fully saturated rings. The van der Waals surface area contributed by atoms with E-state index in [1.807, 2.05) is 0 Å².